The first-order chi connectivity index (χ1) is 17.3. The molecule has 1 aromatic heterocycles. The van der Waals surface area contributed by atoms with E-state index in [2.05, 4.69) is 132 Å². The largest absolute Gasteiger partial charge is 0.337 e. The summed E-state index contributed by atoms with van der Waals surface area (Å²) in [4.78, 5) is 2.54. The summed E-state index contributed by atoms with van der Waals surface area (Å²) in [6.07, 6.45) is 2.37. The average molecular weight is 451 g/mol. The Morgan fingerprint density at radius 3 is 2.31 bits per heavy atom. The summed E-state index contributed by atoms with van der Waals surface area (Å²) < 4.78 is 2.50. The van der Waals surface area contributed by atoms with Crippen LogP contribution in [0.2, 0.25) is 0 Å². The number of aromatic nitrogens is 1. The lowest BCUT2D eigenvalue weighted by Crippen LogP contribution is -2.35. The zero-order valence-corrected chi connectivity index (χ0v) is 19.8. The van der Waals surface area contributed by atoms with E-state index in [4.69, 9.17) is 0 Å². The number of para-hydroxylation sites is 2. The molecule has 7 rings (SSSR count). The monoisotopic (exact) mass is 450 g/mol. The molecule has 0 saturated heterocycles. The molecule has 5 aromatic rings. The van der Waals surface area contributed by atoms with Crippen LogP contribution in [0.1, 0.15) is 27.9 Å². The van der Waals surface area contributed by atoms with Gasteiger partial charge in [-0.2, -0.15) is 0 Å². The number of hydrogen-bond donors (Lipinski definition) is 0. The van der Waals surface area contributed by atoms with Crippen LogP contribution in [0.15, 0.2) is 109 Å². The van der Waals surface area contributed by atoms with Crippen LogP contribution in [0, 0.1) is 6.92 Å². The standard InChI is InChI=1S/C33H26N2/c1-23-15-17-24(18-16-23)21-28-27-12-6-8-14-30(27)35-20-19-34-29-13-7-5-11-26(29)22-31(34)33(35)32(28)25-9-3-2-4-10-25/h2-18,21-22H,19-20H2,1H3/b28-21+. The highest BCUT2D eigenvalue weighted by molar-refractivity contribution is 6.25. The Balaban J connectivity index is 1.59. The summed E-state index contributed by atoms with van der Waals surface area (Å²) >= 11 is 0. The first-order valence-corrected chi connectivity index (χ1v) is 12.3. The Morgan fingerprint density at radius 1 is 0.714 bits per heavy atom. The van der Waals surface area contributed by atoms with Gasteiger partial charge in [-0.1, -0.05) is 96.6 Å². The molecular formula is C33H26N2. The van der Waals surface area contributed by atoms with Gasteiger partial charge in [0.2, 0.25) is 0 Å². The summed E-state index contributed by atoms with van der Waals surface area (Å²) in [5, 5.41) is 1.30. The van der Waals surface area contributed by atoms with Crippen LogP contribution in [0.5, 0.6) is 0 Å². The van der Waals surface area contributed by atoms with E-state index in [1.165, 1.54) is 61.4 Å². The zero-order valence-electron chi connectivity index (χ0n) is 19.8. The molecule has 168 valence electrons. The predicted molar refractivity (Wildman–Crippen MR) is 148 cm³/mol. The lowest BCUT2D eigenvalue weighted by Gasteiger charge is -2.40. The van der Waals surface area contributed by atoms with Gasteiger partial charge in [0.25, 0.3) is 0 Å². The quantitative estimate of drug-likeness (QED) is 0.265. The average Bonchev–Trinajstić information content (AvgIpc) is 3.29. The SMILES string of the molecule is Cc1ccc(/C=C2/C(c3ccccc3)=C3c4cc5ccccc5n4CCN3c3ccccc32)cc1. The van der Waals surface area contributed by atoms with Crippen molar-refractivity contribution < 1.29 is 0 Å². The van der Waals surface area contributed by atoms with Gasteiger partial charge in [-0.3, -0.25) is 0 Å². The van der Waals surface area contributed by atoms with Crippen LogP contribution in [0.4, 0.5) is 5.69 Å². The van der Waals surface area contributed by atoms with Crippen molar-refractivity contribution in [2.45, 2.75) is 13.5 Å². The molecule has 0 bridgehead atoms. The van der Waals surface area contributed by atoms with E-state index in [1.54, 1.807) is 0 Å². The second kappa shape index (κ2) is 7.89. The molecule has 2 aliphatic rings. The highest BCUT2D eigenvalue weighted by Gasteiger charge is 2.34. The maximum atomic E-state index is 2.54. The van der Waals surface area contributed by atoms with Crippen molar-refractivity contribution in [3.8, 4) is 0 Å². The molecule has 0 spiro atoms. The Labute approximate surface area is 206 Å². The Hall–Kier alpha value is -4.30. The second-order valence-corrected chi connectivity index (χ2v) is 9.47. The molecule has 4 aromatic carbocycles. The maximum Gasteiger partial charge on any atom is 0.0739 e. The summed E-state index contributed by atoms with van der Waals surface area (Å²) in [5.74, 6) is 0. The van der Waals surface area contributed by atoms with Crippen LogP contribution >= 0.6 is 0 Å². The number of fused-ring (bicyclic) bond motifs is 7. The Morgan fingerprint density at radius 2 is 1.46 bits per heavy atom. The number of anilines is 1. The maximum absolute atomic E-state index is 2.54. The van der Waals surface area contributed by atoms with E-state index in [1.807, 2.05) is 0 Å². The number of allylic oxidation sites excluding steroid dienone is 2. The fourth-order valence-electron chi connectivity index (χ4n) is 5.68. The lowest BCUT2D eigenvalue weighted by atomic mass is 9.83. The third-order valence-electron chi connectivity index (χ3n) is 7.31. The van der Waals surface area contributed by atoms with Crippen molar-refractivity contribution in [2.24, 2.45) is 0 Å². The molecule has 0 unspecified atom stereocenters. The molecule has 0 N–H and O–H groups in total. The van der Waals surface area contributed by atoms with Crippen molar-refractivity contribution in [1.82, 2.24) is 4.57 Å². The van der Waals surface area contributed by atoms with Gasteiger partial charge in [-0.15, -0.1) is 0 Å². The molecule has 0 atom stereocenters. The highest BCUT2D eigenvalue weighted by Crippen LogP contribution is 2.50. The number of nitrogens with zero attached hydrogens (tertiary/aromatic N) is 2. The Bertz CT molecular complexity index is 1630. The summed E-state index contributed by atoms with van der Waals surface area (Å²) in [5.41, 5.74) is 12.8. The van der Waals surface area contributed by atoms with Crippen molar-refractivity contribution in [3.63, 3.8) is 0 Å². The van der Waals surface area contributed by atoms with E-state index in [0.29, 0.717) is 0 Å². The highest BCUT2D eigenvalue weighted by atomic mass is 15.2. The van der Waals surface area contributed by atoms with Gasteiger partial charge in [-0.05, 0) is 47.9 Å². The number of benzene rings is 4. The Kier molecular flexibility index (Phi) is 4.53. The first-order valence-electron chi connectivity index (χ1n) is 12.3. The van der Waals surface area contributed by atoms with Crippen molar-refractivity contribution in [1.29, 1.82) is 0 Å². The normalized spacial score (nSPS) is 15.8. The molecule has 2 nitrogen and oxygen atoms in total. The van der Waals surface area contributed by atoms with Crippen LogP contribution in [-0.4, -0.2) is 11.1 Å². The van der Waals surface area contributed by atoms with Gasteiger partial charge in [0.15, 0.2) is 0 Å². The van der Waals surface area contributed by atoms with Crippen molar-refractivity contribution in [2.75, 3.05) is 11.4 Å². The number of aryl methyl sites for hydroxylation is 1. The third-order valence-corrected chi connectivity index (χ3v) is 7.31. The lowest BCUT2D eigenvalue weighted by molar-refractivity contribution is 0.681. The molecular weight excluding hydrogens is 424 g/mol. The molecule has 0 amide bonds. The molecule has 0 aliphatic carbocycles. The first kappa shape index (κ1) is 20.1. The summed E-state index contributed by atoms with van der Waals surface area (Å²) in [6, 6.07) is 39.7. The smallest absolute Gasteiger partial charge is 0.0739 e. The van der Waals surface area contributed by atoms with Gasteiger partial charge < -0.3 is 9.47 Å². The van der Waals surface area contributed by atoms with E-state index in [0.717, 1.165) is 13.1 Å². The number of hydrogen-bond acceptors (Lipinski definition) is 1. The number of rotatable bonds is 2. The molecule has 0 radical (unpaired) electrons. The van der Waals surface area contributed by atoms with Crippen LogP contribution < -0.4 is 4.90 Å². The molecule has 2 aliphatic heterocycles. The third kappa shape index (κ3) is 3.18. The fraction of sp³-hybridized carbons (Fsp3) is 0.0909. The minimum absolute atomic E-state index is 0.951. The molecule has 0 fully saturated rings. The van der Waals surface area contributed by atoms with Gasteiger partial charge in [-0.25, -0.2) is 0 Å². The second-order valence-electron chi connectivity index (χ2n) is 9.47. The van der Waals surface area contributed by atoms with Gasteiger partial charge in [0.1, 0.15) is 0 Å². The van der Waals surface area contributed by atoms with Crippen LogP contribution in [-0.2, 0) is 6.54 Å². The zero-order chi connectivity index (χ0) is 23.4. The van der Waals surface area contributed by atoms with E-state index in [9.17, 15) is 0 Å². The van der Waals surface area contributed by atoms with E-state index in [-0.39, 0.29) is 0 Å². The molecule has 0 saturated carbocycles. The molecule has 2 heteroatoms. The van der Waals surface area contributed by atoms with Crippen molar-refractivity contribution in [3.05, 3.63) is 137 Å². The van der Waals surface area contributed by atoms with Crippen LogP contribution in [0.3, 0.4) is 0 Å². The summed E-state index contributed by atoms with van der Waals surface area (Å²) in [6.45, 7) is 4.06. The van der Waals surface area contributed by atoms with Crippen molar-refractivity contribution >= 4 is 39.5 Å². The summed E-state index contributed by atoms with van der Waals surface area (Å²) in [7, 11) is 0. The molecule has 3 heterocycles. The van der Waals surface area contributed by atoms with Gasteiger partial charge in [0.05, 0.1) is 11.4 Å². The van der Waals surface area contributed by atoms with E-state index < -0.39 is 0 Å². The van der Waals surface area contributed by atoms with Gasteiger partial charge in [0, 0.05) is 40.8 Å². The predicted octanol–water partition coefficient (Wildman–Crippen LogP) is 7.89. The fourth-order valence-corrected chi connectivity index (χ4v) is 5.68. The minimum atomic E-state index is 0.951. The topological polar surface area (TPSA) is 8.17 Å². The minimum Gasteiger partial charge on any atom is -0.337 e. The van der Waals surface area contributed by atoms with E-state index >= 15 is 0 Å². The van der Waals surface area contributed by atoms with Gasteiger partial charge >= 0.3 is 0 Å². The van der Waals surface area contributed by atoms with Crippen LogP contribution in [0.25, 0.3) is 33.8 Å². The molecule has 35 heavy (non-hydrogen) atoms.